The zero-order valence-electron chi connectivity index (χ0n) is 12.4. The molecule has 0 aliphatic heterocycles. The second-order valence-electron chi connectivity index (χ2n) is 5.66. The van der Waals surface area contributed by atoms with Crippen LogP contribution in [0.25, 0.3) is 0 Å². The van der Waals surface area contributed by atoms with Crippen LogP contribution in [0.15, 0.2) is 4.42 Å². The van der Waals surface area contributed by atoms with Crippen LogP contribution >= 0.6 is 0 Å². The second kappa shape index (κ2) is 5.71. The molecule has 2 rings (SSSR count). The van der Waals surface area contributed by atoms with Gasteiger partial charge in [-0.25, -0.2) is 4.79 Å². The van der Waals surface area contributed by atoms with Gasteiger partial charge in [-0.3, -0.25) is 9.59 Å². The molecule has 1 amide bonds. The fourth-order valence-electron chi connectivity index (χ4n) is 2.59. The number of amides is 1. The van der Waals surface area contributed by atoms with Crippen LogP contribution in [-0.2, 0) is 11.2 Å². The summed E-state index contributed by atoms with van der Waals surface area (Å²) in [5.41, 5.74) is 0.989. The van der Waals surface area contributed by atoms with Crippen LogP contribution in [0.4, 0.5) is 0 Å². The highest BCUT2D eigenvalue weighted by molar-refractivity contribution is 6.04. The van der Waals surface area contributed by atoms with Crippen molar-refractivity contribution in [2.24, 2.45) is 5.92 Å². The van der Waals surface area contributed by atoms with E-state index in [1.807, 2.05) is 0 Å². The standard InChI is InChI=1S/C15H19NO5/c1-7(2)12(15(19)20)16-14(18)13-8(3)11-9(17)5-4-6-10(11)21-13/h7,12H,4-6H2,1-3H3,(H,16,18)(H,19,20)/t12-/m1/s1. The molecule has 1 atom stereocenters. The maximum atomic E-state index is 12.2. The number of carboxylic acids is 1. The molecule has 1 aliphatic rings. The van der Waals surface area contributed by atoms with Gasteiger partial charge in [0, 0.05) is 18.4 Å². The van der Waals surface area contributed by atoms with Crippen LogP contribution in [0, 0.1) is 12.8 Å². The number of Topliss-reactive ketones (excluding diaryl/α,β-unsaturated/α-hetero) is 1. The molecule has 0 unspecified atom stereocenters. The number of furan rings is 1. The van der Waals surface area contributed by atoms with Gasteiger partial charge in [0.05, 0.1) is 5.56 Å². The molecule has 0 aromatic carbocycles. The molecule has 114 valence electrons. The quantitative estimate of drug-likeness (QED) is 0.884. The van der Waals surface area contributed by atoms with E-state index >= 15 is 0 Å². The van der Waals surface area contributed by atoms with Crippen LogP contribution in [0.3, 0.4) is 0 Å². The predicted octanol–water partition coefficient (Wildman–Crippen LogP) is 1.95. The van der Waals surface area contributed by atoms with Crippen LogP contribution < -0.4 is 5.32 Å². The van der Waals surface area contributed by atoms with E-state index in [0.717, 1.165) is 0 Å². The summed E-state index contributed by atoms with van der Waals surface area (Å²) in [6.45, 7) is 5.08. The highest BCUT2D eigenvalue weighted by Gasteiger charge is 2.31. The molecule has 1 aromatic heterocycles. The van der Waals surface area contributed by atoms with Crippen LogP contribution in [0.5, 0.6) is 0 Å². The third-order valence-electron chi connectivity index (χ3n) is 3.73. The minimum atomic E-state index is -1.09. The van der Waals surface area contributed by atoms with Gasteiger partial charge in [-0.2, -0.15) is 0 Å². The summed E-state index contributed by atoms with van der Waals surface area (Å²) in [7, 11) is 0. The second-order valence-corrected chi connectivity index (χ2v) is 5.66. The van der Waals surface area contributed by atoms with Crippen molar-refractivity contribution < 1.29 is 23.9 Å². The normalized spacial score (nSPS) is 15.7. The Balaban J connectivity index is 2.28. The number of fused-ring (bicyclic) bond motifs is 1. The molecule has 2 N–H and O–H groups in total. The molecule has 1 aliphatic carbocycles. The monoisotopic (exact) mass is 293 g/mol. The first kappa shape index (κ1) is 15.3. The van der Waals surface area contributed by atoms with Crippen LogP contribution in [-0.4, -0.2) is 28.8 Å². The third-order valence-corrected chi connectivity index (χ3v) is 3.73. The molecule has 0 radical (unpaired) electrons. The smallest absolute Gasteiger partial charge is 0.326 e. The summed E-state index contributed by atoms with van der Waals surface area (Å²) in [4.78, 5) is 35.3. The first-order valence-corrected chi connectivity index (χ1v) is 7.02. The Morgan fingerprint density at radius 2 is 1.95 bits per heavy atom. The Hall–Kier alpha value is -2.11. The first-order chi connectivity index (χ1) is 9.82. The minimum absolute atomic E-state index is 0.0183. The van der Waals surface area contributed by atoms with Crippen LogP contribution in [0.1, 0.15) is 58.9 Å². The maximum Gasteiger partial charge on any atom is 0.326 e. The predicted molar refractivity (Wildman–Crippen MR) is 74.4 cm³/mol. The SMILES string of the molecule is Cc1c(C(=O)N[C@@H](C(=O)O)C(C)C)oc2c1C(=O)CCC2. The van der Waals surface area contributed by atoms with Crippen molar-refractivity contribution in [1.82, 2.24) is 5.32 Å². The number of carboxylic acid groups (broad SMARTS) is 1. The lowest BCUT2D eigenvalue weighted by Gasteiger charge is -2.17. The molecule has 1 aromatic rings. The minimum Gasteiger partial charge on any atom is -0.480 e. The topological polar surface area (TPSA) is 96.6 Å². The molecule has 0 saturated carbocycles. The van der Waals surface area contributed by atoms with Crippen molar-refractivity contribution in [2.75, 3.05) is 0 Å². The fraction of sp³-hybridized carbons (Fsp3) is 0.533. The average Bonchev–Trinajstić information content (AvgIpc) is 2.73. The number of hydrogen-bond acceptors (Lipinski definition) is 4. The molecule has 6 nitrogen and oxygen atoms in total. The van der Waals surface area contributed by atoms with Crippen molar-refractivity contribution in [2.45, 2.75) is 46.1 Å². The van der Waals surface area contributed by atoms with Crippen molar-refractivity contribution >= 4 is 17.7 Å². The average molecular weight is 293 g/mol. The van der Waals surface area contributed by atoms with Gasteiger partial charge in [-0.1, -0.05) is 13.8 Å². The van der Waals surface area contributed by atoms with Gasteiger partial charge < -0.3 is 14.8 Å². The van der Waals surface area contributed by atoms with Gasteiger partial charge in [0.15, 0.2) is 11.5 Å². The number of nitrogens with one attached hydrogen (secondary N) is 1. The molecular formula is C15H19NO5. The van der Waals surface area contributed by atoms with E-state index in [0.29, 0.717) is 36.1 Å². The maximum absolute atomic E-state index is 12.2. The summed E-state index contributed by atoms with van der Waals surface area (Å²) in [6.07, 6.45) is 1.80. The number of carbonyl (C=O) groups is 3. The van der Waals surface area contributed by atoms with Gasteiger partial charge in [-0.15, -0.1) is 0 Å². The molecule has 21 heavy (non-hydrogen) atoms. The summed E-state index contributed by atoms with van der Waals surface area (Å²) >= 11 is 0. The van der Waals surface area contributed by atoms with E-state index < -0.39 is 17.9 Å². The molecule has 0 saturated heterocycles. The van der Waals surface area contributed by atoms with E-state index in [2.05, 4.69) is 5.32 Å². The summed E-state index contributed by atoms with van der Waals surface area (Å²) < 4.78 is 5.50. The first-order valence-electron chi connectivity index (χ1n) is 7.02. The lowest BCUT2D eigenvalue weighted by molar-refractivity contribution is -0.140. The van der Waals surface area contributed by atoms with E-state index in [1.54, 1.807) is 20.8 Å². The molecule has 6 heteroatoms. The number of hydrogen-bond donors (Lipinski definition) is 2. The Kier molecular flexibility index (Phi) is 4.16. The number of ketones is 1. The van der Waals surface area contributed by atoms with Crippen molar-refractivity contribution in [3.63, 3.8) is 0 Å². The fourth-order valence-corrected chi connectivity index (χ4v) is 2.59. The van der Waals surface area contributed by atoms with Gasteiger partial charge in [0.2, 0.25) is 0 Å². The van der Waals surface area contributed by atoms with Crippen molar-refractivity contribution in [1.29, 1.82) is 0 Å². The van der Waals surface area contributed by atoms with Crippen LogP contribution in [0.2, 0.25) is 0 Å². The summed E-state index contributed by atoms with van der Waals surface area (Å²) in [5.74, 6) is -1.38. The molecule has 0 spiro atoms. The van der Waals surface area contributed by atoms with Gasteiger partial charge in [0.25, 0.3) is 5.91 Å². The summed E-state index contributed by atoms with van der Waals surface area (Å²) in [6, 6.07) is -0.991. The Bertz CT molecular complexity index is 599. The Labute approximate surface area is 122 Å². The lowest BCUT2D eigenvalue weighted by atomic mass is 9.94. The molecular weight excluding hydrogens is 274 g/mol. The number of aryl methyl sites for hydroxylation is 1. The largest absolute Gasteiger partial charge is 0.480 e. The van der Waals surface area contributed by atoms with Crippen molar-refractivity contribution in [3.8, 4) is 0 Å². The number of aliphatic carboxylic acids is 1. The highest BCUT2D eigenvalue weighted by Crippen LogP contribution is 2.29. The van der Waals surface area contributed by atoms with E-state index in [9.17, 15) is 14.4 Å². The van der Waals surface area contributed by atoms with Gasteiger partial charge >= 0.3 is 5.97 Å². The third kappa shape index (κ3) is 2.84. The van der Waals surface area contributed by atoms with Crippen molar-refractivity contribution in [3.05, 3.63) is 22.6 Å². The molecule has 0 bridgehead atoms. The Morgan fingerprint density at radius 1 is 1.29 bits per heavy atom. The Morgan fingerprint density at radius 3 is 2.48 bits per heavy atom. The molecule has 1 heterocycles. The van der Waals surface area contributed by atoms with E-state index in [4.69, 9.17) is 9.52 Å². The van der Waals surface area contributed by atoms with E-state index in [-0.39, 0.29) is 17.5 Å². The highest BCUT2D eigenvalue weighted by atomic mass is 16.4. The molecule has 0 fully saturated rings. The van der Waals surface area contributed by atoms with E-state index in [1.165, 1.54) is 0 Å². The zero-order valence-corrected chi connectivity index (χ0v) is 12.4. The summed E-state index contributed by atoms with van der Waals surface area (Å²) in [5, 5.41) is 11.6. The lowest BCUT2D eigenvalue weighted by Crippen LogP contribution is -2.44. The zero-order chi connectivity index (χ0) is 15.7. The number of carbonyl (C=O) groups excluding carboxylic acids is 2. The van der Waals surface area contributed by atoms with Gasteiger partial charge in [0.1, 0.15) is 11.8 Å². The number of rotatable bonds is 4. The van der Waals surface area contributed by atoms with Gasteiger partial charge in [-0.05, 0) is 19.3 Å².